The van der Waals surface area contributed by atoms with Gasteiger partial charge in [-0.2, -0.15) is 4.31 Å². The Kier molecular flexibility index (Phi) is 6.26. The van der Waals surface area contributed by atoms with Crippen LogP contribution in [0.25, 0.3) is 0 Å². The van der Waals surface area contributed by atoms with Crippen molar-refractivity contribution in [2.45, 2.75) is 36.8 Å². The zero-order chi connectivity index (χ0) is 23.0. The number of hydrogen-bond donors (Lipinski definition) is 0. The van der Waals surface area contributed by atoms with Gasteiger partial charge in [-0.3, -0.25) is 9.59 Å². The van der Waals surface area contributed by atoms with Crippen molar-refractivity contribution in [3.8, 4) is 0 Å². The van der Waals surface area contributed by atoms with Crippen molar-refractivity contribution in [2.24, 2.45) is 0 Å². The molecule has 1 unspecified atom stereocenters. The molecule has 0 bridgehead atoms. The van der Waals surface area contributed by atoms with E-state index < -0.39 is 10.0 Å². The summed E-state index contributed by atoms with van der Waals surface area (Å²) in [6, 6.07) is 8.28. The quantitative estimate of drug-likeness (QED) is 0.655. The maximum atomic E-state index is 13.3. The maximum Gasteiger partial charge on any atom is 0.254 e. The number of thiophene rings is 1. The smallest absolute Gasteiger partial charge is 0.254 e. The first-order valence-electron chi connectivity index (χ1n) is 11.3. The van der Waals surface area contributed by atoms with Gasteiger partial charge < -0.3 is 14.5 Å². The number of piperazine rings is 1. The Balaban J connectivity index is 1.25. The van der Waals surface area contributed by atoms with Crippen molar-refractivity contribution >= 4 is 33.2 Å². The van der Waals surface area contributed by atoms with E-state index in [2.05, 4.69) is 0 Å². The van der Waals surface area contributed by atoms with Crippen molar-refractivity contribution in [3.63, 3.8) is 0 Å². The molecule has 5 rings (SSSR count). The molecule has 1 aromatic heterocycles. The molecule has 0 spiro atoms. The Labute approximate surface area is 197 Å². The van der Waals surface area contributed by atoms with Crippen LogP contribution in [-0.4, -0.2) is 79.8 Å². The molecule has 10 heteroatoms. The summed E-state index contributed by atoms with van der Waals surface area (Å²) in [5, 5.41) is 1.99. The van der Waals surface area contributed by atoms with Crippen LogP contribution >= 0.6 is 11.3 Å². The third-order valence-corrected chi connectivity index (χ3v) is 9.44. The Morgan fingerprint density at radius 3 is 2.58 bits per heavy atom. The number of hydrogen-bond acceptors (Lipinski definition) is 6. The zero-order valence-corrected chi connectivity index (χ0v) is 19.9. The van der Waals surface area contributed by atoms with Gasteiger partial charge in [0.05, 0.1) is 4.90 Å². The molecule has 0 radical (unpaired) electrons. The third kappa shape index (κ3) is 4.44. The average Bonchev–Trinajstić information content (AvgIpc) is 3.55. The summed E-state index contributed by atoms with van der Waals surface area (Å²) in [5.41, 5.74) is 1.40. The fourth-order valence-corrected chi connectivity index (χ4v) is 7.01. The Bertz CT molecular complexity index is 1150. The molecule has 1 aromatic carbocycles. The fraction of sp³-hybridized carbons (Fsp3) is 0.478. The molecule has 3 aliphatic heterocycles. The predicted molar refractivity (Wildman–Crippen MR) is 124 cm³/mol. The highest BCUT2D eigenvalue weighted by Crippen LogP contribution is 2.28. The minimum atomic E-state index is -3.70. The van der Waals surface area contributed by atoms with Crippen LogP contribution in [0.3, 0.4) is 0 Å². The summed E-state index contributed by atoms with van der Waals surface area (Å²) < 4.78 is 33.5. The monoisotopic (exact) mass is 489 g/mol. The van der Waals surface area contributed by atoms with Crippen LogP contribution in [0, 0.1) is 0 Å². The van der Waals surface area contributed by atoms with Gasteiger partial charge in [-0.05, 0) is 54.5 Å². The lowest BCUT2D eigenvalue weighted by Crippen LogP contribution is -2.52. The minimum Gasteiger partial charge on any atom is -0.368 e. The molecule has 8 nitrogen and oxygen atoms in total. The standard InChI is InChI=1S/C23H27N3O5S2/c27-22(24-9-11-25(12-10-24)23(28)20-5-2-13-31-20)17-3-1-4-19(15-17)33(29,30)26-8-6-21-18(16-26)7-14-32-21/h1,3-4,7,14-15,20H,2,5-6,8-13,16H2. The van der Waals surface area contributed by atoms with Crippen molar-refractivity contribution < 1.29 is 22.7 Å². The second-order valence-corrected chi connectivity index (χ2v) is 11.5. The number of benzene rings is 1. The van der Waals surface area contributed by atoms with Crippen LogP contribution in [0.1, 0.15) is 33.6 Å². The van der Waals surface area contributed by atoms with Crippen molar-refractivity contribution in [3.05, 3.63) is 51.7 Å². The lowest BCUT2D eigenvalue weighted by Gasteiger charge is -2.35. The predicted octanol–water partition coefficient (Wildman–Crippen LogP) is 1.96. The van der Waals surface area contributed by atoms with Gasteiger partial charge in [0.1, 0.15) is 6.10 Å². The second-order valence-electron chi connectivity index (χ2n) is 8.60. The Hall–Kier alpha value is -2.27. The van der Waals surface area contributed by atoms with Crippen LogP contribution in [0.2, 0.25) is 0 Å². The number of ether oxygens (including phenoxy) is 1. The molecule has 0 N–H and O–H groups in total. The SMILES string of the molecule is O=C(c1cccc(S(=O)(=O)N2CCc3sccc3C2)c1)N1CCN(C(=O)C2CCCO2)CC1. The van der Waals surface area contributed by atoms with E-state index in [9.17, 15) is 18.0 Å². The molecular formula is C23H27N3O5S2. The summed E-state index contributed by atoms with van der Waals surface area (Å²) >= 11 is 1.66. The normalized spacial score (nSPS) is 21.8. The van der Waals surface area contributed by atoms with E-state index in [-0.39, 0.29) is 22.8 Å². The topological polar surface area (TPSA) is 87.2 Å². The number of nitrogens with zero attached hydrogens (tertiary/aromatic N) is 3. The van der Waals surface area contributed by atoms with Gasteiger partial charge in [-0.1, -0.05) is 6.07 Å². The van der Waals surface area contributed by atoms with Crippen LogP contribution in [0.5, 0.6) is 0 Å². The lowest BCUT2D eigenvalue weighted by molar-refractivity contribution is -0.142. The number of amides is 2. The number of rotatable bonds is 4. The van der Waals surface area contributed by atoms with E-state index in [0.717, 1.165) is 18.4 Å². The van der Waals surface area contributed by atoms with Gasteiger partial charge >= 0.3 is 0 Å². The van der Waals surface area contributed by atoms with Crippen molar-refractivity contribution in [1.82, 2.24) is 14.1 Å². The maximum absolute atomic E-state index is 13.3. The van der Waals surface area contributed by atoms with Crippen LogP contribution in [0.15, 0.2) is 40.6 Å². The van der Waals surface area contributed by atoms with E-state index in [1.807, 2.05) is 11.4 Å². The van der Waals surface area contributed by atoms with Gasteiger partial charge in [-0.25, -0.2) is 8.42 Å². The Morgan fingerprint density at radius 2 is 1.82 bits per heavy atom. The van der Waals surface area contributed by atoms with Gasteiger partial charge in [0.15, 0.2) is 0 Å². The molecule has 2 amide bonds. The van der Waals surface area contributed by atoms with E-state index in [4.69, 9.17) is 4.74 Å². The van der Waals surface area contributed by atoms with Crippen LogP contribution in [0.4, 0.5) is 0 Å². The summed E-state index contributed by atoms with van der Waals surface area (Å²) in [6.07, 6.45) is 2.01. The van der Waals surface area contributed by atoms with E-state index in [1.165, 1.54) is 15.2 Å². The number of carbonyl (C=O) groups excluding carboxylic acids is 2. The largest absolute Gasteiger partial charge is 0.368 e. The highest BCUT2D eigenvalue weighted by atomic mass is 32.2. The van der Waals surface area contributed by atoms with E-state index in [0.29, 0.717) is 57.9 Å². The van der Waals surface area contributed by atoms with Gasteiger partial charge in [-0.15, -0.1) is 11.3 Å². The molecule has 2 aromatic rings. The van der Waals surface area contributed by atoms with Crippen molar-refractivity contribution in [2.75, 3.05) is 39.3 Å². The summed E-state index contributed by atoms with van der Waals surface area (Å²) in [5.74, 6) is -0.210. The third-order valence-electron chi connectivity index (χ3n) is 6.58. The van der Waals surface area contributed by atoms with Crippen molar-refractivity contribution in [1.29, 1.82) is 0 Å². The minimum absolute atomic E-state index is 0.00278. The first-order chi connectivity index (χ1) is 15.9. The first-order valence-corrected chi connectivity index (χ1v) is 13.6. The van der Waals surface area contributed by atoms with E-state index >= 15 is 0 Å². The van der Waals surface area contributed by atoms with Crippen LogP contribution < -0.4 is 0 Å². The number of carbonyl (C=O) groups is 2. The molecule has 2 saturated heterocycles. The molecule has 176 valence electrons. The van der Waals surface area contributed by atoms with Gasteiger partial charge in [0.25, 0.3) is 11.8 Å². The molecular weight excluding hydrogens is 462 g/mol. The molecule has 0 aliphatic carbocycles. The fourth-order valence-electron chi connectivity index (χ4n) is 4.65. The van der Waals surface area contributed by atoms with Gasteiger partial charge in [0.2, 0.25) is 10.0 Å². The highest BCUT2D eigenvalue weighted by molar-refractivity contribution is 7.89. The van der Waals surface area contributed by atoms with E-state index in [1.54, 1.807) is 39.3 Å². The number of fused-ring (bicyclic) bond motifs is 1. The lowest BCUT2D eigenvalue weighted by atomic mass is 10.1. The summed E-state index contributed by atoms with van der Waals surface area (Å²) in [6.45, 7) is 3.18. The Morgan fingerprint density at radius 1 is 1.03 bits per heavy atom. The number of sulfonamides is 1. The molecule has 2 fully saturated rings. The molecule has 3 aliphatic rings. The van der Waals surface area contributed by atoms with Crippen LogP contribution in [-0.2, 0) is 32.5 Å². The molecule has 33 heavy (non-hydrogen) atoms. The molecule has 4 heterocycles. The molecule has 0 saturated carbocycles. The second kappa shape index (κ2) is 9.17. The molecule has 1 atom stereocenters. The average molecular weight is 490 g/mol. The summed E-state index contributed by atoms with van der Waals surface area (Å²) in [7, 11) is -3.70. The highest BCUT2D eigenvalue weighted by Gasteiger charge is 2.33. The summed E-state index contributed by atoms with van der Waals surface area (Å²) in [4.78, 5) is 30.5. The first kappa shape index (κ1) is 22.5. The zero-order valence-electron chi connectivity index (χ0n) is 18.3. The van der Waals surface area contributed by atoms with Gasteiger partial charge in [0, 0.05) is 56.3 Å².